The van der Waals surface area contributed by atoms with Gasteiger partial charge in [-0.25, -0.2) is 0 Å². The quantitative estimate of drug-likeness (QED) is 0.656. The summed E-state index contributed by atoms with van der Waals surface area (Å²) in [6.07, 6.45) is 0. The van der Waals surface area contributed by atoms with Crippen LogP contribution in [0.3, 0.4) is 0 Å². The van der Waals surface area contributed by atoms with Crippen molar-refractivity contribution in [1.82, 2.24) is 0 Å². The van der Waals surface area contributed by atoms with Gasteiger partial charge in [0.1, 0.15) is 0 Å². The Morgan fingerprint density at radius 3 is 1.57 bits per heavy atom. The van der Waals surface area contributed by atoms with Crippen molar-refractivity contribution in [3.05, 3.63) is 48.5 Å². The van der Waals surface area contributed by atoms with E-state index in [1.165, 1.54) is 0 Å². The van der Waals surface area contributed by atoms with E-state index in [0.717, 1.165) is 36.0 Å². The zero-order chi connectivity index (χ0) is 16.3. The molecule has 0 fully saturated rings. The highest BCUT2D eigenvalue weighted by Crippen LogP contribution is 2.33. The summed E-state index contributed by atoms with van der Waals surface area (Å²) in [5.74, 6) is 1.56. The van der Waals surface area contributed by atoms with Gasteiger partial charge >= 0.3 is 0 Å². The minimum Gasteiger partial charge on any atom is -0.453 e. The fourth-order valence-electron chi connectivity index (χ4n) is 2.10. The van der Waals surface area contributed by atoms with Crippen LogP contribution in [-0.4, -0.2) is 40.5 Å². The van der Waals surface area contributed by atoms with Gasteiger partial charge in [-0.1, -0.05) is 24.3 Å². The Hall–Kier alpha value is -2.24. The van der Waals surface area contributed by atoms with Crippen molar-refractivity contribution in [3.63, 3.8) is 0 Å². The Labute approximate surface area is 137 Å². The molecule has 0 heterocycles. The van der Waals surface area contributed by atoms with Crippen molar-refractivity contribution in [2.75, 3.05) is 51.2 Å². The Morgan fingerprint density at radius 2 is 1.13 bits per heavy atom. The second-order valence-electron chi connectivity index (χ2n) is 4.93. The number of anilines is 2. The van der Waals surface area contributed by atoms with Crippen LogP contribution in [0, 0.1) is 0 Å². The van der Waals surface area contributed by atoms with Gasteiger partial charge in [-0.05, 0) is 24.3 Å². The van der Waals surface area contributed by atoms with Gasteiger partial charge in [-0.15, -0.1) is 0 Å². The molecule has 2 aromatic rings. The normalized spacial score (nSPS) is 10.3. The summed E-state index contributed by atoms with van der Waals surface area (Å²) < 4.78 is 16.2. The average Bonchev–Trinajstić information content (AvgIpc) is 2.58. The second-order valence-corrected chi connectivity index (χ2v) is 4.93. The molecule has 124 valence electrons. The van der Waals surface area contributed by atoms with Crippen molar-refractivity contribution in [1.29, 1.82) is 0 Å². The monoisotopic (exact) mass is 316 g/mol. The number of para-hydroxylation sites is 4. The average molecular weight is 316 g/mol. The maximum absolute atomic E-state index is 6.10. The topological polar surface area (TPSA) is 51.8 Å². The third-order valence-corrected chi connectivity index (χ3v) is 3.24. The Morgan fingerprint density at radius 1 is 0.696 bits per heavy atom. The number of benzene rings is 2. The molecule has 2 aromatic carbocycles. The van der Waals surface area contributed by atoms with Crippen LogP contribution < -0.4 is 15.4 Å². The van der Waals surface area contributed by atoms with Gasteiger partial charge in [0.2, 0.25) is 0 Å². The Bertz CT molecular complexity index is 538. The Balaban J connectivity index is 2.09. The molecule has 0 atom stereocenters. The lowest BCUT2D eigenvalue weighted by molar-refractivity contribution is 0.210. The summed E-state index contributed by atoms with van der Waals surface area (Å²) in [4.78, 5) is 0. The van der Waals surface area contributed by atoms with Gasteiger partial charge in [-0.3, -0.25) is 0 Å². The molecule has 2 N–H and O–H groups in total. The van der Waals surface area contributed by atoms with Crippen molar-refractivity contribution in [3.8, 4) is 11.5 Å². The molecule has 0 radical (unpaired) electrons. The van der Waals surface area contributed by atoms with Crippen molar-refractivity contribution < 1.29 is 14.2 Å². The van der Waals surface area contributed by atoms with E-state index in [9.17, 15) is 0 Å². The molecule has 0 saturated carbocycles. The first-order valence-corrected chi connectivity index (χ1v) is 7.66. The number of hydrogen-bond acceptors (Lipinski definition) is 5. The van der Waals surface area contributed by atoms with Crippen molar-refractivity contribution >= 4 is 11.4 Å². The molecule has 23 heavy (non-hydrogen) atoms. The predicted octanol–water partition coefficient (Wildman–Crippen LogP) is 3.60. The molecule has 0 aliphatic heterocycles. The van der Waals surface area contributed by atoms with E-state index in [0.29, 0.717) is 13.2 Å². The molecule has 0 saturated heterocycles. The lowest BCUT2D eigenvalue weighted by Crippen LogP contribution is -2.09. The maximum Gasteiger partial charge on any atom is 0.150 e. The van der Waals surface area contributed by atoms with Crippen molar-refractivity contribution in [2.24, 2.45) is 0 Å². The molecular weight excluding hydrogens is 292 g/mol. The van der Waals surface area contributed by atoms with E-state index in [2.05, 4.69) is 10.6 Å². The summed E-state index contributed by atoms with van der Waals surface area (Å²) in [5, 5.41) is 6.63. The van der Waals surface area contributed by atoms with Gasteiger partial charge < -0.3 is 24.8 Å². The second kappa shape index (κ2) is 9.71. The fourth-order valence-corrected chi connectivity index (χ4v) is 2.10. The smallest absolute Gasteiger partial charge is 0.150 e. The van der Waals surface area contributed by atoms with Crippen LogP contribution in [0.2, 0.25) is 0 Å². The van der Waals surface area contributed by atoms with Crippen LogP contribution >= 0.6 is 0 Å². The lowest BCUT2D eigenvalue weighted by atomic mass is 10.2. The third-order valence-electron chi connectivity index (χ3n) is 3.24. The molecule has 0 amide bonds. The number of hydrogen-bond donors (Lipinski definition) is 2. The van der Waals surface area contributed by atoms with Gasteiger partial charge in [0.25, 0.3) is 0 Å². The minimum atomic E-state index is 0.642. The molecule has 0 bridgehead atoms. The van der Waals surface area contributed by atoms with Crippen molar-refractivity contribution in [2.45, 2.75) is 0 Å². The van der Waals surface area contributed by atoms with Crippen LogP contribution in [0.4, 0.5) is 11.4 Å². The first kappa shape index (κ1) is 17.1. The Kier molecular flexibility index (Phi) is 7.23. The summed E-state index contributed by atoms with van der Waals surface area (Å²) in [5.41, 5.74) is 1.88. The van der Waals surface area contributed by atoms with Crippen LogP contribution in [0.25, 0.3) is 0 Å². The number of nitrogens with one attached hydrogen (secondary N) is 2. The molecule has 0 aliphatic rings. The van der Waals surface area contributed by atoms with Gasteiger partial charge in [-0.2, -0.15) is 0 Å². The number of methoxy groups -OCH3 is 2. The highest BCUT2D eigenvalue weighted by atomic mass is 16.5. The number of rotatable bonds is 10. The molecular formula is C18H24N2O3. The van der Waals surface area contributed by atoms with Gasteiger partial charge in [0.15, 0.2) is 11.5 Å². The van der Waals surface area contributed by atoms with E-state index in [1.54, 1.807) is 14.2 Å². The van der Waals surface area contributed by atoms with E-state index in [1.807, 2.05) is 48.5 Å². The van der Waals surface area contributed by atoms with E-state index in [-0.39, 0.29) is 0 Å². The highest BCUT2D eigenvalue weighted by Gasteiger charge is 2.07. The molecule has 5 heteroatoms. The summed E-state index contributed by atoms with van der Waals surface area (Å²) in [6.45, 7) is 2.74. The zero-order valence-corrected chi connectivity index (χ0v) is 13.7. The molecule has 2 rings (SSSR count). The van der Waals surface area contributed by atoms with Crippen LogP contribution in [0.1, 0.15) is 0 Å². The summed E-state index contributed by atoms with van der Waals surface area (Å²) >= 11 is 0. The molecule has 0 aliphatic carbocycles. The van der Waals surface area contributed by atoms with E-state index in [4.69, 9.17) is 14.2 Å². The van der Waals surface area contributed by atoms with E-state index < -0.39 is 0 Å². The van der Waals surface area contributed by atoms with Gasteiger partial charge in [0, 0.05) is 27.3 Å². The summed E-state index contributed by atoms with van der Waals surface area (Å²) in [6, 6.07) is 15.7. The zero-order valence-electron chi connectivity index (χ0n) is 13.7. The molecule has 5 nitrogen and oxygen atoms in total. The lowest BCUT2D eigenvalue weighted by Gasteiger charge is -2.16. The maximum atomic E-state index is 6.10. The van der Waals surface area contributed by atoms with Gasteiger partial charge in [0.05, 0.1) is 24.6 Å². The first-order valence-electron chi connectivity index (χ1n) is 7.66. The molecule has 0 spiro atoms. The fraction of sp³-hybridized carbons (Fsp3) is 0.333. The SMILES string of the molecule is COCCNc1ccccc1Oc1ccccc1NCCOC. The van der Waals surface area contributed by atoms with Crippen LogP contribution in [0.5, 0.6) is 11.5 Å². The highest BCUT2D eigenvalue weighted by molar-refractivity contribution is 5.62. The van der Waals surface area contributed by atoms with Crippen LogP contribution in [0.15, 0.2) is 48.5 Å². The minimum absolute atomic E-state index is 0.642. The standard InChI is InChI=1S/C18H24N2O3/c1-21-13-11-19-15-7-3-5-9-17(15)23-18-10-6-4-8-16(18)20-12-14-22-2/h3-10,19-20H,11-14H2,1-2H3. The molecule has 0 unspecified atom stereocenters. The molecule has 0 aromatic heterocycles. The third kappa shape index (κ3) is 5.47. The largest absolute Gasteiger partial charge is 0.453 e. The first-order chi connectivity index (χ1) is 11.3. The summed E-state index contributed by atoms with van der Waals surface area (Å²) in [7, 11) is 3.37. The predicted molar refractivity (Wildman–Crippen MR) is 93.7 cm³/mol. The van der Waals surface area contributed by atoms with E-state index >= 15 is 0 Å². The van der Waals surface area contributed by atoms with Crippen LogP contribution in [-0.2, 0) is 9.47 Å². The number of ether oxygens (including phenoxy) is 3.